The fraction of sp³-hybridized carbons (Fsp3) is 0.0870. The van der Waals surface area contributed by atoms with Crippen LogP contribution in [0.4, 0.5) is 4.39 Å². The highest BCUT2D eigenvalue weighted by atomic mass is 19.1. The average molecular weight is 400 g/mol. The number of aromatic nitrogens is 3. The molecule has 5 rings (SSSR count). The molecule has 0 bridgehead atoms. The number of aromatic hydroxyl groups is 1. The molecule has 2 aromatic carbocycles. The van der Waals surface area contributed by atoms with E-state index in [2.05, 4.69) is 15.2 Å². The number of carbonyl (C=O) groups excluding carboxylic acids is 1. The fourth-order valence-electron chi connectivity index (χ4n) is 3.94. The topological polar surface area (TPSA) is 82.1 Å². The highest BCUT2D eigenvalue weighted by Gasteiger charge is 2.43. The lowest BCUT2D eigenvalue weighted by molar-refractivity contribution is 0.0728. The van der Waals surface area contributed by atoms with Gasteiger partial charge in [-0.15, -0.1) is 0 Å². The Morgan fingerprint density at radius 2 is 1.77 bits per heavy atom. The number of rotatable bonds is 4. The van der Waals surface area contributed by atoms with Gasteiger partial charge in [-0.1, -0.05) is 30.3 Å². The first-order chi connectivity index (χ1) is 14.6. The van der Waals surface area contributed by atoms with E-state index in [1.54, 1.807) is 59.8 Å². The molecule has 30 heavy (non-hydrogen) atoms. The molecule has 2 N–H and O–H groups in total. The summed E-state index contributed by atoms with van der Waals surface area (Å²) in [4.78, 5) is 18.9. The summed E-state index contributed by atoms with van der Waals surface area (Å²) in [5.41, 5.74) is 3.02. The van der Waals surface area contributed by atoms with Crippen LogP contribution in [0.15, 0.2) is 73.1 Å². The number of hydrogen-bond donors (Lipinski definition) is 2. The molecule has 6 nitrogen and oxygen atoms in total. The van der Waals surface area contributed by atoms with Gasteiger partial charge in [0.25, 0.3) is 5.91 Å². The van der Waals surface area contributed by atoms with Crippen molar-refractivity contribution in [2.45, 2.75) is 12.6 Å². The number of H-pyrrole nitrogens is 1. The standard InChI is InChI=1S/C23H17FN4O2/c24-17-7-3-1-5-15(17)22-19-20(16-6-2-4-8-18(16)29)26-27-21(19)23(30)28(22)13-14-9-11-25-12-10-14/h1-12,22,29H,13H2,(H,26,27)/t22-/m0/s1. The summed E-state index contributed by atoms with van der Waals surface area (Å²) in [5, 5.41) is 17.5. The minimum atomic E-state index is -0.685. The van der Waals surface area contributed by atoms with E-state index in [1.165, 1.54) is 6.07 Å². The van der Waals surface area contributed by atoms with Gasteiger partial charge >= 0.3 is 0 Å². The average Bonchev–Trinajstić information content (AvgIpc) is 3.30. The maximum Gasteiger partial charge on any atom is 0.273 e. The van der Waals surface area contributed by atoms with Crippen LogP contribution < -0.4 is 0 Å². The van der Waals surface area contributed by atoms with Crippen LogP contribution in [0, 0.1) is 5.82 Å². The summed E-state index contributed by atoms with van der Waals surface area (Å²) < 4.78 is 14.9. The lowest BCUT2D eigenvalue weighted by Crippen LogP contribution is -2.29. The van der Waals surface area contributed by atoms with Crippen molar-refractivity contribution in [1.82, 2.24) is 20.1 Å². The van der Waals surface area contributed by atoms with E-state index < -0.39 is 11.9 Å². The Balaban J connectivity index is 1.70. The zero-order valence-corrected chi connectivity index (χ0v) is 15.8. The van der Waals surface area contributed by atoms with Crippen molar-refractivity contribution in [3.05, 3.63) is 101 Å². The third-order valence-corrected chi connectivity index (χ3v) is 5.33. The van der Waals surface area contributed by atoms with Gasteiger partial charge < -0.3 is 10.0 Å². The van der Waals surface area contributed by atoms with Gasteiger partial charge in [0.1, 0.15) is 23.0 Å². The quantitative estimate of drug-likeness (QED) is 0.541. The van der Waals surface area contributed by atoms with E-state index in [-0.39, 0.29) is 18.2 Å². The van der Waals surface area contributed by atoms with Crippen LogP contribution in [0.3, 0.4) is 0 Å². The number of phenolic OH excluding ortho intramolecular Hbond substituents is 1. The van der Waals surface area contributed by atoms with Gasteiger partial charge in [-0.05, 0) is 35.9 Å². The molecule has 1 atom stereocenters. The Morgan fingerprint density at radius 3 is 2.53 bits per heavy atom. The number of pyridine rings is 1. The van der Waals surface area contributed by atoms with E-state index in [0.29, 0.717) is 28.1 Å². The maximum absolute atomic E-state index is 14.9. The molecule has 1 aliphatic heterocycles. The number of aromatic amines is 1. The first kappa shape index (κ1) is 18.1. The van der Waals surface area contributed by atoms with Gasteiger partial charge in [-0.3, -0.25) is 14.9 Å². The first-order valence-corrected chi connectivity index (χ1v) is 9.46. The maximum atomic E-state index is 14.9. The van der Waals surface area contributed by atoms with E-state index >= 15 is 0 Å². The molecule has 1 aliphatic rings. The number of halogens is 1. The normalized spacial score (nSPS) is 15.4. The van der Waals surface area contributed by atoms with Crippen LogP contribution in [0.1, 0.15) is 33.2 Å². The number of amides is 1. The second-order valence-electron chi connectivity index (χ2n) is 7.09. The van der Waals surface area contributed by atoms with Gasteiger partial charge in [-0.25, -0.2) is 4.39 Å². The Bertz CT molecular complexity index is 1240. The van der Waals surface area contributed by atoms with Crippen molar-refractivity contribution >= 4 is 5.91 Å². The molecule has 0 saturated heterocycles. The molecule has 0 aliphatic carbocycles. The Labute approximate surface area is 171 Å². The number of benzene rings is 2. The number of fused-ring (bicyclic) bond motifs is 1. The highest BCUT2D eigenvalue weighted by molar-refractivity contribution is 6.00. The number of nitrogens with one attached hydrogen (secondary N) is 1. The van der Waals surface area contributed by atoms with Crippen molar-refractivity contribution in [1.29, 1.82) is 0 Å². The number of carbonyl (C=O) groups is 1. The van der Waals surface area contributed by atoms with Crippen LogP contribution in [-0.4, -0.2) is 31.1 Å². The van der Waals surface area contributed by atoms with Crippen LogP contribution >= 0.6 is 0 Å². The highest BCUT2D eigenvalue weighted by Crippen LogP contribution is 2.45. The van der Waals surface area contributed by atoms with Crippen molar-refractivity contribution in [3.63, 3.8) is 0 Å². The van der Waals surface area contributed by atoms with E-state index in [9.17, 15) is 14.3 Å². The Morgan fingerprint density at radius 1 is 1.03 bits per heavy atom. The lowest BCUT2D eigenvalue weighted by Gasteiger charge is -2.26. The van der Waals surface area contributed by atoms with Crippen molar-refractivity contribution < 1.29 is 14.3 Å². The van der Waals surface area contributed by atoms with Crippen LogP contribution in [0.5, 0.6) is 5.75 Å². The summed E-state index contributed by atoms with van der Waals surface area (Å²) in [5.74, 6) is -0.643. The SMILES string of the molecule is O=C1c2[nH]nc(-c3ccccc3O)c2[C@H](c2ccccc2F)N1Cc1ccncc1. The molecule has 0 radical (unpaired) electrons. The van der Waals surface area contributed by atoms with Gasteiger partial charge in [0, 0.05) is 35.6 Å². The lowest BCUT2D eigenvalue weighted by atomic mass is 9.95. The molecule has 7 heteroatoms. The molecule has 0 spiro atoms. The number of nitrogens with zero attached hydrogens (tertiary/aromatic N) is 3. The largest absolute Gasteiger partial charge is 0.507 e. The smallest absolute Gasteiger partial charge is 0.273 e. The van der Waals surface area contributed by atoms with E-state index in [1.807, 2.05) is 12.1 Å². The second-order valence-corrected chi connectivity index (χ2v) is 7.09. The molecule has 148 valence electrons. The van der Waals surface area contributed by atoms with Gasteiger partial charge in [0.2, 0.25) is 0 Å². The molecule has 4 aromatic rings. The van der Waals surface area contributed by atoms with Crippen LogP contribution in [0.2, 0.25) is 0 Å². The predicted octanol–water partition coefficient (Wildman–Crippen LogP) is 4.06. The Hall–Kier alpha value is -4.00. The fourth-order valence-corrected chi connectivity index (χ4v) is 3.94. The number of para-hydroxylation sites is 1. The third kappa shape index (κ3) is 2.83. The minimum Gasteiger partial charge on any atom is -0.507 e. The molecular formula is C23H17FN4O2. The second kappa shape index (κ2) is 7.11. The summed E-state index contributed by atoms with van der Waals surface area (Å²) >= 11 is 0. The third-order valence-electron chi connectivity index (χ3n) is 5.33. The summed E-state index contributed by atoms with van der Waals surface area (Å²) in [7, 11) is 0. The minimum absolute atomic E-state index is 0.0408. The molecule has 3 heterocycles. The first-order valence-electron chi connectivity index (χ1n) is 9.46. The van der Waals surface area contributed by atoms with Gasteiger partial charge in [-0.2, -0.15) is 5.10 Å². The molecular weight excluding hydrogens is 383 g/mol. The van der Waals surface area contributed by atoms with Gasteiger partial charge in [0.15, 0.2) is 0 Å². The number of hydrogen-bond acceptors (Lipinski definition) is 4. The summed E-state index contributed by atoms with van der Waals surface area (Å²) in [6, 6.07) is 16.1. The van der Waals surface area contributed by atoms with Gasteiger partial charge in [0.05, 0.1) is 6.04 Å². The zero-order chi connectivity index (χ0) is 20.7. The van der Waals surface area contributed by atoms with Crippen LogP contribution in [0.25, 0.3) is 11.3 Å². The predicted molar refractivity (Wildman–Crippen MR) is 108 cm³/mol. The Kier molecular flexibility index (Phi) is 4.28. The molecule has 0 fully saturated rings. The molecule has 2 aromatic heterocycles. The van der Waals surface area contributed by atoms with E-state index in [4.69, 9.17) is 0 Å². The summed E-state index contributed by atoms with van der Waals surface area (Å²) in [6.07, 6.45) is 3.31. The van der Waals surface area contributed by atoms with Crippen LogP contribution in [-0.2, 0) is 6.54 Å². The van der Waals surface area contributed by atoms with E-state index in [0.717, 1.165) is 5.56 Å². The zero-order valence-electron chi connectivity index (χ0n) is 15.8. The number of phenols is 1. The van der Waals surface area contributed by atoms with Crippen molar-refractivity contribution in [2.24, 2.45) is 0 Å². The van der Waals surface area contributed by atoms with Crippen molar-refractivity contribution in [3.8, 4) is 17.0 Å². The monoisotopic (exact) mass is 400 g/mol. The molecule has 0 unspecified atom stereocenters. The molecule has 1 amide bonds. The van der Waals surface area contributed by atoms with Crippen molar-refractivity contribution in [2.75, 3.05) is 0 Å². The summed E-state index contributed by atoms with van der Waals surface area (Å²) in [6.45, 7) is 0.281. The molecule has 0 saturated carbocycles.